The van der Waals surface area contributed by atoms with Crippen LogP contribution in [0.15, 0.2) is 60.7 Å². The molecule has 2 rings (SSSR count). The number of carbonyl (C=O) groups is 4. The topological polar surface area (TPSA) is 101 Å². The van der Waals surface area contributed by atoms with E-state index in [4.69, 9.17) is 0 Å². The van der Waals surface area contributed by atoms with Crippen LogP contribution >= 0.6 is 23.5 Å². The first-order chi connectivity index (χ1) is 14.8. The first kappa shape index (κ1) is 24.7. The summed E-state index contributed by atoms with van der Waals surface area (Å²) >= 11 is 1.73. The van der Waals surface area contributed by atoms with Crippen molar-refractivity contribution < 1.29 is 24.3 Å². The van der Waals surface area contributed by atoms with Crippen molar-refractivity contribution in [2.75, 3.05) is 5.75 Å². The fraction of sp³-hybridized carbons (Fsp3) is 0.304. The minimum Gasteiger partial charge on any atom is -0.480 e. The zero-order chi connectivity index (χ0) is 22.8. The van der Waals surface area contributed by atoms with Crippen molar-refractivity contribution in [1.82, 2.24) is 5.32 Å². The van der Waals surface area contributed by atoms with E-state index in [1.54, 1.807) is 67.6 Å². The Morgan fingerprint density at radius 2 is 1.42 bits per heavy atom. The molecule has 2 N–H and O–H groups in total. The number of carboxylic acids is 1. The SMILES string of the molecule is CC[C@H](C)[C@H](NC(=O)[C@H](CSC(=O)c1ccccc1)SC(=O)c1ccccc1)C(=O)O. The van der Waals surface area contributed by atoms with Crippen molar-refractivity contribution in [3.05, 3.63) is 71.8 Å². The van der Waals surface area contributed by atoms with Crippen molar-refractivity contribution >= 4 is 45.6 Å². The van der Waals surface area contributed by atoms with Gasteiger partial charge in [-0.05, 0) is 5.92 Å². The molecule has 2 aromatic carbocycles. The number of carboxylic acid groups (broad SMARTS) is 1. The van der Waals surface area contributed by atoms with Gasteiger partial charge in [0.15, 0.2) is 0 Å². The van der Waals surface area contributed by atoms with Gasteiger partial charge in [-0.2, -0.15) is 0 Å². The second-order valence-corrected chi connectivity index (χ2v) is 9.10. The zero-order valence-corrected chi connectivity index (χ0v) is 18.9. The molecule has 3 atom stereocenters. The first-order valence-corrected chi connectivity index (χ1v) is 11.7. The number of rotatable bonds is 10. The van der Waals surface area contributed by atoms with E-state index in [0.29, 0.717) is 17.5 Å². The third-order valence-electron chi connectivity index (χ3n) is 4.70. The van der Waals surface area contributed by atoms with E-state index in [1.165, 1.54) is 0 Å². The molecule has 0 bridgehead atoms. The highest BCUT2D eigenvalue weighted by atomic mass is 32.2. The molecule has 0 unspecified atom stereocenters. The fourth-order valence-electron chi connectivity index (χ4n) is 2.67. The molecule has 0 radical (unpaired) electrons. The summed E-state index contributed by atoms with van der Waals surface area (Å²) < 4.78 is 0. The van der Waals surface area contributed by atoms with Crippen molar-refractivity contribution in [2.24, 2.45) is 5.92 Å². The number of aliphatic carboxylic acids is 1. The summed E-state index contributed by atoms with van der Waals surface area (Å²) in [6, 6.07) is 16.1. The number of amides is 1. The van der Waals surface area contributed by atoms with E-state index >= 15 is 0 Å². The molecule has 1 amide bonds. The number of benzene rings is 2. The maximum atomic E-state index is 12.9. The molecule has 2 aromatic rings. The molecule has 0 spiro atoms. The molecule has 0 fully saturated rings. The van der Waals surface area contributed by atoms with Crippen molar-refractivity contribution in [1.29, 1.82) is 0 Å². The Morgan fingerprint density at radius 3 is 1.90 bits per heavy atom. The van der Waals surface area contributed by atoms with Gasteiger partial charge in [-0.1, -0.05) is 104 Å². The lowest BCUT2D eigenvalue weighted by atomic mass is 9.99. The van der Waals surface area contributed by atoms with E-state index < -0.39 is 23.2 Å². The summed E-state index contributed by atoms with van der Waals surface area (Å²) in [5.74, 6) is -1.95. The standard InChI is InChI=1S/C23H25NO5S2/c1-3-15(2)19(21(26)27)24-20(25)18(31-23(29)17-12-8-5-9-13-17)14-30-22(28)16-10-6-4-7-11-16/h4-13,15,18-19H,3,14H2,1-2H3,(H,24,25)(H,26,27)/t15-,18-,19-/m0/s1. The molecule has 0 aliphatic carbocycles. The van der Waals surface area contributed by atoms with Crippen molar-refractivity contribution in [3.63, 3.8) is 0 Å². The molecular formula is C23H25NO5S2. The molecule has 0 saturated carbocycles. The van der Waals surface area contributed by atoms with Crippen LogP contribution in [0.3, 0.4) is 0 Å². The van der Waals surface area contributed by atoms with E-state index in [0.717, 1.165) is 23.5 Å². The predicted octanol–water partition coefficient (Wildman–Crippen LogP) is 4.12. The molecule has 6 nitrogen and oxygen atoms in total. The third kappa shape index (κ3) is 7.56. The molecular weight excluding hydrogens is 434 g/mol. The summed E-state index contributed by atoms with van der Waals surface area (Å²) in [4.78, 5) is 49.6. The minimum atomic E-state index is -1.13. The average Bonchev–Trinajstić information content (AvgIpc) is 2.80. The Kier molecular flexibility index (Phi) is 9.81. The Hall–Kier alpha value is -2.58. The number of nitrogens with one attached hydrogen (secondary N) is 1. The van der Waals surface area contributed by atoms with Crippen LogP contribution in [0.1, 0.15) is 41.0 Å². The van der Waals surface area contributed by atoms with Crippen LogP contribution in [0.25, 0.3) is 0 Å². The van der Waals surface area contributed by atoms with Gasteiger partial charge in [0.25, 0.3) is 0 Å². The predicted molar refractivity (Wildman–Crippen MR) is 124 cm³/mol. The van der Waals surface area contributed by atoms with E-state index in [-0.39, 0.29) is 21.9 Å². The summed E-state index contributed by atoms with van der Waals surface area (Å²) in [5, 5.41) is 10.6. The average molecular weight is 460 g/mol. The van der Waals surface area contributed by atoms with E-state index in [9.17, 15) is 24.3 Å². The lowest BCUT2D eigenvalue weighted by Gasteiger charge is -2.23. The number of carbonyl (C=O) groups excluding carboxylic acids is 3. The monoisotopic (exact) mass is 459 g/mol. The maximum Gasteiger partial charge on any atom is 0.326 e. The Balaban J connectivity index is 2.15. The van der Waals surface area contributed by atoms with Crippen LogP contribution < -0.4 is 5.32 Å². The largest absolute Gasteiger partial charge is 0.480 e. The molecule has 164 valence electrons. The second-order valence-electron chi connectivity index (χ2n) is 6.93. The van der Waals surface area contributed by atoms with Gasteiger partial charge in [0, 0.05) is 16.9 Å². The molecule has 0 aliphatic rings. The highest BCUT2D eigenvalue weighted by Crippen LogP contribution is 2.24. The van der Waals surface area contributed by atoms with Crippen LogP contribution in [0.4, 0.5) is 0 Å². The first-order valence-electron chi connectivity index (χ1n) is 9.84. The van der Waals surface area contributed by atoms with E-state index in [1.807, 2.05) is 6.92 Å². The molecule has 0 saturated heterocycles. The molecule has 0 aromatic heterocycles. The van der Waals surface area contributed by atoms with Crippen LogP contribution in [0, 0.1) is 5.92 Å². The summed E-state index contributed by atoms with van der Waals surface area (Å²) in [6.07, 6.45) is 0.569. The third-order valence-corrected chi connectivity index (χ3v) is 7.03. The van der Waals surface area contributed by atoms with Crippen LogP contribution in [0.5, 0.6) is 0 Å². The summed E-state index contributed by atoms with van der Waals surface area (Å²) in [7, 11) is 0. The number of thioether (sulfide) groups is 2. The highest BCUT2D eigenvalue weighted by molar-refractivity contribution is 8.18. The zero-order valence-electron chi connectivity index (χ0n) is 17.3. The quantitative estimate of drug-likeness (QED) is 0.551. The number of hydrogen-bond acceptors (Lipinski definition) is 6. The van der Waals surface area contributed by atoms with Crippen molar-refractivity contribution in [3.8, 4) is 0 Å². The molecule has 31 heavy (non-hydrogen) atoms. The number of hydrogen-bond donors (Lipinski definition) is 2. The molecule has 8 heteroatoms. The van der Waals surface area contributed by atoms with Gasteiger partial charge in [0.1, 0.15) is 11.3 Å². The van der Waals surface area contributed by atoms with Crippen LogP contribution in [-0.4, -0.2) is 44.3 Å². The summed E-state index contributed by atoms with van der Waals surface area (Å²) in [5.41, 5.74) is 0.926. The fourth-order valence-corrected chi connectivity index (χ4v) is 4.61. The van der Waals surface area contributed by atoms with Gasteiger partial charge in [-0.15, -0.1) is 0 Å². The highest BCUT2D eigenvalue weighted by Gasteiger charge is 2.31. The van der Waals surface area contributed by atoms with Gasteiger partial charge in [-0.25, -0.2) is 4.79 Å². The lowest BCUT2D eigenvalue weighted by Crippen LogP contribution is -2.48. The van der Waals surface area contributed by atoms with Gasteiger partial charge in [0.2, 0.25) is 16.1 Å². The van der Waals surface area contributed by atoms with Crippen LogP contribution in [-0.2, 0) is 9.59 Å². The second kappa shape index (κ2) is 12.3. The molecule has 0 aliphatic heterocycles. The minimum absolute atomic E-state index is 0.0373. The lowest BCUT2D eigenvalue weighted by molar-refractivity contribution is -0.143. The molecule has 0 heterocycles. The Bertz CT molecular complexity index is 905. The Morgan fingerprint density at radius 1 is 0.903 bits per heavy atom. The normalized spacial score (nSPS) is 13.6. The Labute approximate surface area is 190 Å². The van der Waals surface area contributed by atoms with E-state index in [2.05, 4.69) is 5.32 Å². The van der Waals surface area contributed by atoms with Gasteiger partial charge < -0.3 is 10.4 Å². The smallest absolute Gasteiger partial charge is 0.326 e. The maximum absolute atomic E-state index is 12.9. The van der Waals surface area contributed by atoms with Crippen molar-refractivity contribution in [2.45, 2.75) is 31.6 Å². The summed E-state index contributed by atoms with van der Waals surface area (Å²) in [6.45, 7) is 3.58. The van der Waals surface area contributed by atoms with Gasteiger partial charge >= 0.3 is 5.97 Å². The van der Waals surface area contributed by atoms with Crippen LogP contribution in [0.2, 0.25) is 0 Å². The van der Waals surface area contributed by atoms with Gasteiger partial charge in [0.05, 0.1) is 0 Å². The van der Waals surface area contributed by atoms with Gasteiger partial charge in [-0.3, -0.25) is 14.4 Å².